The van der Waals surface area contributed by atoms with Crippen molar-refractivity contribution in [3.63, 3.8) is 0 Å². The molecule has 86 valence electrons. The van der Waals surface area contributed by atoms with Crippen molar-refractivity contribution in [3.05, 3.63) is 11.9 Å². The Balaban J connectivity index is 1.91. The number of nitrogens with one attached hydrogen (secondary N) is 1. The first-order chi connectivity index (χ1) is 7.70. The largest absolute Gasteiger partial charge is 0.329 e. The first-order valence-corrected chi connectivity index (χ1v) is 4.88. The number of rotatable bonds is 4. The standard InChI is InChI=1S/C8H12N6O2/c9-3-6-5-13(12-11-6)1-2-14-7(15)4-10-8(14)16/h5H,1-4,9H2,(H,10,16). The van der Waals surface area contributed by atoms with E-state index in [1.165, 1.54) is 0 Å². The molecule has 2 rings (SSSR count). The van der Waals surface area contributed by atoms with E-state index in [4.69, 9.17) is 5.73 Å². The third-order valence-corrected chi connectivity index (χ3v) is 2.28. The third-order valence-electron chi connectivity index (χ3n) is 2.28. The van der Waals surface area contributed by atoms with Crippen LogP contribution in [-0.2, 0) is 17.9 Å². The van der Waals surface area contributed by atoms with Gasteiger partial charge in [-0.15, -0.1) is 5.10 Å². The lowest BCUT2D eigenvalue weighted by Gasteiger charge is -2.11. The van der Waals surface area contributed by atoms with Crippen LogP contribution in [0.2, 0.25) is 0 Å². The fourth-order valence-corrected chi connectivity index (χ4v) is 1.43. The summed E-state index contributed by atoms with van der Waals surface area (Å²) in [5.41, 5.74) is 6.06. The highest BCUT2D eigenvalue weighted by Crippen LogP contribution is 1.99. The summed E-state index contributed by atoms with van der Waals surface area (Å²) in [6, 6.07) is -0.357. The van der Waals surface area contributed by atoms with E-state index in [0.29, 0.717) is 18.8 Å². The zero-order chi connectivity index (χ0) is 11.5. The molecule has 1 aromatic rings. The number of carbonyl (C=O) groups is 2. The van der Waals surface area contributed by atoms with E-state index in [9.17, 15) is 9.59 Å². The summed E-state index contributed by atoms with van der Waals surface area (Å²) in [6.07, 6.45) is 1.69. The molecule has 0 radical (unpaired) electrons. The highest BCUT2D eigenvalue weighted by atomic mass is 16.2. The first kappa shape index (κ1) is 10.6. The summed E-state index contributed by atoms with van der Waals surface area (Å²) in [4.78, 5) is 23.6. The van der Waals surface area contributed by atoms with Crippen LogP contribution in [0.5, 0.6) is 0 Å². The molecule has 8 heteroatoms. The molecule has 0 atom stereocenters. The van der Waals surface area contributed by atoms with Crippen LogP contribution in [0.25, 0.3) is 0 Å². The Morgan fingerprint density at radius 2 is 2.25 bits per heavy atom. The minimum atomic E-state index is -0.357. The van der Waals surface area contributed by atoms with Crippen LogP contribution in [-0.4, -0.2) is 44.9 Å². The molecule has 1 fully saturated rings. The molecule has 2 heterocycles. The number of urea groups is 1. The van der Waals surface area contributed by atoms with Gasteiger partial charge in [0.25, 0.3) is 0 Å². The number of nitrogens with zero attached hydrogens (tertiary/aromatic N) is 4. The maximum Gasteiger partial charge on any atom is 0.324 e. The van der Waals surface area contributed by atoms with Crippen molar-refractivity contribution in [2.45, 2.75) is 13.1 Å². The number of carbonyl (C=O) groups excluding carboxylic acids is 2. The van der Waals surface area contributed by atoms with Crippen molar-refractivity contribution in [1.82, 2.24) is 25.2 Å². The second kappa shape index (κ2) is 4.27. The highest BCUT2D eigenvalue weighted by molar-refractivity contribution is 6.01. The highest BCUT2D eigenvalue weighted by Gasteiger charge is 2.27. The molecule has 0 unspecified atom stereocenters. The van der Waals surface area contributed by atoms with Crippen LogP contribution in [0.4, 0.5) is 4.79 Å². The van der Waals surface area contributed by atoms with Gasteiger partial charge in [-0.3, -0.25) is 14.4 Å². The number of imide groups is 1. The fourth-order valence-electron chi connectivity index (χ4n) is 1.43. The van der Waals surface area contributed by atoms with E-state index < -0.39 is 0 Å². The van der Waals surface area contributed by atoms with Gasteiger partial charge in [0.05, 0.1) is 25.3 Å². The summed E-state index contributed by atoms with van der Waals surface area (Å²) >= 11 is 0. The second-order valence-corrected chi connectivity index (χ2v) is 3.38. The zero-order valence-electron chi connectivity index (χ0n) is 8.59. The smallest absolute Gasteiger partial charge is 0.324 e. The average Bonchev–Trinajstić information content (AvgIpc) is 2.85. The lowest BCUT2D eigenvalue weighted by Crippen LogP contribution is -2.33. The van der Waals surface area contributed by atoms with Crippen molar-refractivity contribution >= 4 is 11.9 Å². The van der Waals surface area contributed by atoms with Crippen LogP contribution in [0, 0.1) is 0 Å². The van der Waals surface area contributed by atoms with Gasteiger partial charge in [0, 0.05) is 12.7 Å². The summed E-state index contributed by atoms with van der Waals surface area (Å²) in [5.74, 6) is -0.218. The Labute approximate surface area is 91.4 Å². The number of aromatic nitrogens is 3. The van der Waals surface area contributed by atoms with E-state index in [1.807, 2.05) is 0 Å². The lowest BCUT2D eigenvalue weighted by atomic mass is 10.5. The van der Waals surface area contributed by atoms with Crippen LogP contribution in [0.3, 0.4) is 0 Å². The van der Waals surface area contributed by atoms with Gasteiger partial charge in [-0.2, -0.15) is 0 Å². The molecule has 1 aliphatic heterocycles. The molecule has 1 saturated heterocycles. The van der Waals surface area contributed by atoms with Gasteiger partial charge >= 0.3 is 6.03 Å². The van der Waals surface area contributed by atoms with Crippen molar-refractivity contribution in [1.29, 1.82) is 0 Å². The van der Waals surface area contributed by atoms with Crippen LogP contribution >= 0.6 is 0 Å². The van der Waals surface area contributed by atoms with Crippen LogP contribution in [0.15, 0.2) is 6.20 Å². The molecule has 0 aliphatic carbocycles. The molecule has 0 bridgehead atoms. The second-order valence-electron chi connectivity index (χ2n) is 3.38. The lowest BCUT2D eigenvalue weighted by molar-refractivity contribution is -0.125. The number of amides is 3. The van der Waals surface area contributed by atoms with Gasteiger partial charge in [-0.25, -0.2) is 4.79 Å². The Hall–Kier alpha value is -1.96. The summed E-state index contributed by atoms with van der Waals surface area (Å²) < 4.78 is 1.56. The molecule has 0 saturated carbocycles. The van der Waals surface area contributed by atoms with E-state index in [2.05, 4.69) is 15.6 Å². The topological polar surface area (TPSA) is 106 Å². The van der Waals surface area contributed by atoms with Gasteiger partial charge in [-0.1, -0.05) is 5.21 Å². The summed E-state index contributed by atoms with van der Waals surface area (Å²) in [5, 5.41) is 10.1. The quantitative estimate of drug-likeness (QED) is 0.592. The third kappa shape index (κ3) is 2.01. The first-order valence-electron chi connectivity index (χ1n) is 4.88. The van der Waals surface area contributed by atoms with Crippen molar-refractivity contribution in [2.24, 2.45) is 5.73 Å². The predicted octanol–water partition coefficient (Wildman–Crippen LogP) is -1.71. The fraction of sp³-hybridized carbons (Fsp3) is 0.500. The molecular formula is C8H12N6O2. The molecular weight excluding hydrogens is 212 g/mol. The van der Waals surface area contributed by atoms with Crippen molar-refractivity contribution in [3.8, 4) is 0 Å². The molecule has 0 aromatic carbocycles. The molecule has 16 heavy (non-hydrogen) atoms. The Kier molecular flexibility index (Phi) is 2.82. The molecule has 1 aromatic heterocycles. The summed E-state index contributed by atoms with van der Waals surface area (Å²) in [7, 11) is 0. The van der Waals surface area contributed by atoms with Gasteiger partial charge in [0.1, 0.15) is 0 Å². The SMILES string of the molecule is NCc1cn(CCN2C(=O)CNC2=O)nn1. The molecule has 0 spiro atoms. The van der Waals surface area contributed by atoms with Gasteiger partial charge in [0.2, 0.25) is 5.91 Å². The molecule has 3 N–H and O–H groups in total. The number of hydrogen-bond donors (Lipinski definition) is 2. The minimum Gasteiger partial charge on any atom is -0.329 e. The van der Waals surface area contributed by atoms with E-state index in [0.717, 1.165) is 4.90 Å². The van der Waals surface area contributed by atoms with E-state index >= 15 is 0 Å². The Bertz CT molecular complexity index is 398. The molecule has 1 aliphatic rings. The van der Waals surface area contributed by atoms with Gasteiger partial charge in [0.15, 0.2) is 0 Å². The van der Waals surface area contributed by atoms with Crippen LogP contribution in [0.1, 0.15) is 5.69 Å². The Morgan fingerprint density at radius 3 is 2.81 bits per heavy atom. The monoisotopic (exact) mass is 224 g/mol. The zero-order valence-corrected chi connectivity index (χ0v) is 8.59. The van der Waals surface area contributed by atoms with Crippen LogP contribution < -0.4 is 11.1 Å². The van der Waals surface area contributed by atoms with Crippen molar-refractivity contribution < 1.29 is 9.59 Å². The predicted molar refractivity (Wildman–Crippen MR) is 53.0 cm³/mol. The van der Waals surface area contributed by atoms with E-state index in [-0.39, 0.29) is 25.0 Å². The van der Waals surface area contributed by atoms with Gasteiger partial charge < -0.3 is 11.1 Å². The van der Waals surface area contributed by atoms with Crippen molar-refractivity contribution in [2.75, 3.05) is 13.1 Å². The maximum absolute atomic E-state index is 11.2. The maximum atomic E-state index is 11.2. The molecule has 8 nitrogen and oxygen atoms in total. The molecule has 3 amide bonds. The Morgan fingerprint density at radius 1 is 1.44 bits per heavy atom. The number of hydrogen-bond acceptors (Lipinski definition) is 5. The van der Waals surface area contributed by atoms with E-state index in [1.54, 1.807) is 10.9 Å². The summed E-state index contributed by atoms with van der Waals surface area (Å²) in [6.45, 7) is 1.11. The minimum absolute atomic E-state index is 0.0737. The normalized spacial score (nSPS) is 15.7. The average molecular weight is 224 g/mol. The number of nitrogens with two attached hydrogens (primary N) is 1. The van der Waals surface area contributed by atoms with Gasteiger partial charge in [-0.05, 0) is 0 Å².